The largest absolute Gasteiger partial charge is 0.511 e. The second-order valence-corrected chi connectivity index (χ2v) is 6.06. The van der Waals surface area contributed by atoms with E-state index in [0.717, 1.165) is 0 Å². The summed E-state index contributed by atoms with van der Waals surface area (Å²) < 4.78 is 35.7. The normalized spacial score (nSPS) is 12.8. The number of carbonyl (C=O) groups is 1. The predicted molar refractivity (Wildman–Crippen MR) is 96.6 cm³/mol. The van der Waals surface area contributed by atoms with Gasteiger partial charge in [-0.2, -0.15) is 0 Å². The number of carbonyl (C=O) groups excluding carboxylic acids is 1. The van der Waals surface area contributed by atoms with Crippen LogP contribution < -0.4 is 10.6 Å². The van der Waals surface area contributed by atoms with Gasteiger partial charge in [-0.15, -0.1) is 0 Å². The summed E-state index contributed by atoms with van der Waals surface area (Å²) in [6.45, 7) is 0.0726. The van der Waals surface area contributed by atoms with Crippen molar-refractivity contribution in [2.24, 2.45) is 0 Å². The van der Waals surface area contributed by atoms with Gasteiger partial charge in [0.05, 0.1) is 13.1 Å². The van der Waals surface area contributed by atoms with E-state index >= 15 is 0 Å². The lowest BCUT2D eigenvalue weighted by molar-refractivity contribution is 0.0419. The zero-order chi connectivity index (χ0) is 18.9. The van der Waals surface area contributed by atoms with Crippen LogP contribution in [-0.2, 0) is 9.47 Å². The Kier molecular flexibility index (Phi) is 7.74. The smallest absolute Gasteiger partial charge is 0.413 e. The van der Waals surface area contributed by atoms with Crippen LogP contribution in [0, 0.1) is 11.6 Å². The molecule has 140 valence electrons. The molecule has 2 unspecified atom stereocenters. The minimum atomic E-state index is -1.06. The molecule has 2 aromatic carbocycles. The standard InChI is InChI=1S/C17H16Cl2F2N2O3/c18-15(9-22-13-5-1-3-11(20)7-13)25-17(24)26-16(19)10-23-14-6-2-4-12(21)8-14/h1-8,15-16,22-23H,9-10H2. The summed E-state index contributed by atoms with van der Waals surface area (Å²) in [5.41, 5.74) is -1.12. The van der Waals surface area contributed by atoms with Gasteiger partial charge in [0.1, 0.15) is 11.6 Å². The number of halogens is 4. The van der Waals surface area contributed by atoms with Crippen LogP contribution >= 0.6 is 23.2 Å². The zero-order valence-electron chi connectivity index (χ0n) is 13.4. The molecule has 0 aliphatic heterocycles. The Bertz CT molecular complexity index is 677. The second-order valence-electron chi connectivity index (χ2n) is 5.09. The molecule has 5 nitrogen and oxygen atoms in total. The fourth-order valence-electron chi connectivity index (χ4n) is 1.91. The third kappa shape index (κ3) is 7.33. The molecule has 0 fully saturated rings. The number of rotatable bonds is 8. The van der Waals surface area contributed by atoms with Gasteiger partial charge in [-0.3, -0.25) is 0 Å². The molecule has 0 aromatic heterocycles. The first-order chi connectivity index (χ1) is 12.4. The molecule has 0 saturated heterocycles. The molecule has 2 N–H and O–H groups in total. The lowest BCUT2D eigenvalue weighted by Gasteiger charge is -2.16. The molecule has 0 heterocycles. The molecule has 0 aliphatic rings. The van der Waals surface area contributed by atoms with Crippen LogP contribution in [0.4, 0.5) is 25.0 Å². The van der Waals surface area contributed by atoms with E-state index in [0.29, 0.717) is 11.4 Å². The Morgan fingerprint density at radius 2 is 1.31 bits per heavy atom. The fourth-order valence-corrected chi connectivity index (χ4v) is 2.21. The first-order valence-corrected chi connectivity index (χ1v) is 8.44. The zero-order valence-corrected chi connectivity index (χ0v) is 14.9. The maximum atomic E-state index is 13.0. The third-order valence-corrected chi connectivity index (χ3v) is 3.52. The molecule has 9 heteroatoms. The summed E-state index contributed by atoms with van der Waals surface area (Å²) in [6.07, 6.45) is -1.06. The van der Waals surface area contributed by atoms with Gasteiger partial charge in [0.2, 0.25) is 0 Å². The van der Waals surface area contributed by atoms with Crippen molar-refractivity contribution in [3.8, 4) is 0 Å². The average molecular weight is 405 g/mol. The third-order valence-electron chi connectivity index (χ3n) is 3.03. The van der Waals surface area contributed by atoms with Crippen molar-refractivity contribution in [1.82, 2.24) is 0 Å². The fraction of sp³-hybridized carbons (Fsp3) is 0.235. The molecule has 0 saturated carbocycles. The van der Waals surface area contributed by atoms with Gasteiger partial charge < -0.3 is 20.1 Å². The van der Waals surface area contributed by atoms with Crippen molar-refractivity contribution < 1.29 is 23.0 Å². The van der Waals surface area contributed by atoms with E-state index in [9.17, 15) is 13.6 Å². The van der Waals surface area contributed by atoms with Crippen LogP contribution in [0.15, 0.2) is 48.5 Å². The highest BCUT2D eigenvalue weighted by Crippen LogP contribution is 2.13. The Hall–Kier alpha value is -2.25. The molecule has 26 heavy (non-hydrogen) atoms. The Morgan fingerprint density at radius 1 is 0.885 bits per heavy atom. The Morgan fingerprint density at radius 3 is 1.69 bits per heavy atom. The molecule has 0 spiro atoms. The summed E-state index contributed by atoms with van der Waals surface area (Å²) >= 11 is 11.7. The number of alkyl halides is 2. The minimum absolute atomic E-state index is 0.0363. The lowest BCUT2D eigenvalue weighted by Crippen LogP contribution is -2.26. The number of benzene rings is 2. The monoisotopic (exact) mass is 404 g/mol. The predicted octanol–water partition coefficient (Wildman–Crippen LogP) is 4.77. The molecule has 2 rings (SSSR count). The van der Waals surface area contributed by atoms with Crippen molar-refractivity contribution in [3.63, 3.8) is 0 Å². The van der Waals surface area contributed by atoms with Crippen LogP contribution in [0.5, 0.6) is 0 Å². The molecule has 0 bridgehead atoms. The SMILES string of the molecule is O=C(OC(Cl)CNc1cccc(F)c1)OC(Cl)CNc1cccc(F)c1. The maximum absolute atomic E-state index is 13.0. The Balaban J connectivity index is 1.68. The van der Waals surface area contributed by atoms with E-state index in [1.807, 2.05) is 0 Å². The van der Waals surface area contributed by atoms with E-state index in [1.165, 1.54) is 36.4 Å². The van der Waals surface area contributed by atoms with Crippen LogP contribution in [-0.4, -0.2) is 30.4 Å². The molecular formula is C17H16Cl2F2N2O3. The topological polar surface area (TPSA) is 59.6 Å². The first-order valence-electron chi connectivity index (χ1n) is 7.56. The number of hydrogen-bond acceptors (Lipinski definition) is 5. The van der Waals surface area contributed by atoms with Crippen molar-refractivity contribution in [1.29, 1.82) is 0 Å². The van der Waals surface area contributed by atoms with Crippen LogP contribution in [0.3, 0.4) is 0 Å². The highest BCUT2D eigenvalue weighted by molar-refractivity contribution is 6.21. The van der Waals surface area contributed by atoms with E-state index in [-0.39, 0.29) is 13.1 Å². The lowest BCUT2D eigenvalue weighted by atomic mass is 10.3. The summed E-state index contributed by atoms with van der Waals surface area (Å²) in [6, 6.07) is 11.5. The highest BCUT2D eigenvalue weighted by Gasteiger charge is 2.17. The van der Waals surface area contributed by atoms with E-state index in [2.05, 4.69) is 10.6 Å². The van der Waals surface area contributed by atoms with Gasteiger partial charge in [0, 0.05) is 11.4 Å². The number of ether oxygens (including phenoxy) is 2. The van der Waals surface area contributed by atoms with Gasteiger partial charge >= 0.3 is 6.16 Å². The first kappa shape index (κ1) is 20.1. The van der Waals surface area contributed by atoms with Crippen LogP contribution in [0.1, 0.15) is 0 Å². The molecule has 2 atom stereocenters. The van der Waals surface area contributed by atoms with Crippen LogP contribution in [0.2, 0.25) is 0 Å². The van der Waals surface area contributed by atoms with Crippen molar-refractivity contribution in [2.75, 3.05) is 23.7 Å². The second kappa shape index (κ2) is 10.0. The summed E-state index contributed by atoms with van der Waals surface area (Å²) in [7, 11) is 0. The van der Waals surface area contributed by atoms with Gasteiger partial charge in [0.15, 0.2) is 11.1 Å². The van der Waals surface area contributed by atoms with Crippen molar-refractivity contribution >= 4 is 40.7 Å². The van der Waals surface area contributed by atoms with Crippen molar-refractivity contribution in [3.05, 3.63) is 60.2 Å². The van der Waals surface area contributed by atoms with Gasteiger partial charge in [-0.25, -0.2) is 13.6 Å². The number of nitrogens with one attached hydrogen (secondary N) is 2. The number of anilines is 2. The van der Waals surface area contributed by atoms with E-state index in [4.69, 9.17) is 32.7 Å². The summed E-state index contributed by atoms with van der Waals surface area (Å²) in [5.74, 6) is -0.811. The molecule has 0 radical (unpaired) electrons. The molecule has 2 aromatic rings. The van der Waals surface area contributed by atoms with Gasteiger partial charge in [-0.1, -0.05) is 35.3 Å². The summed E-state index contributed by atoms with van der Waals surface area (Å²) in [4.78, 5) is 11.6. The minimum Gasteiger partial charge on any atom is -0.413 e. The Labute approximate surface area is 159 Å². The molecular weight excluding hydrogens is 389 g/mol. The average Bonchev–Trinajstić information content (AvgIpc) is 2.58. The van der Waals surface area contributed by atoms with E-state index < -0.39 is 28.9 Å². The maximum Gasteiger partial charge on any atom is 0.511 e. The quantitative estimate of drug-likeness (QED) is 0.490. The summed E-state index contributed by atoms with van der Waals surface area (Å²) in [5, 5.41) is 5.62. The van der Waals surface area contributed by atoms with Gasteiger partial charge in [-0.05, 0) is 36.4 Å². The number of hydrogen-bond donors (Lipinski definition) is 2. The van der Waals surface area contributed by atoms with Gasteiger partial charge in [0.25, 0.3) is 0 Å². The van der Waals surface area contributed by atoms with Crippen molar-refractivity contribution in [2.45, 2.75) is 11.1 Å². The van der Waals surface area contributed by atoms with E-state index in [1.54, 1.807) is 12.1 Å². The highest BCUT2D eigenvalue weighted by atomic mass is 35.5. The van der Waals surface area contributed by atoms with Crippen LogP contribution in [0.25, 0.3) is 0 Å². The molecule has 0 amide bonds. The molecule has 0 aliphatic carbocycles.